The number of ether oxygens (including phenoxy) is 3. The molecule has 7 atom stereocenters. The van der Waals surface area contributed by atoms with E-state index in [4.69, 9.17) is 14.2 Å². The number of fused-ring (bicyclic) bond motifs is 5. The van der Waals surface area contributed by atoms with Gasteiger partial charge in [0.1, 0.15) is 12.5 Å². The first-order valence-corrected chi connectivity index (χ1v) is 12.4. The van der Waals surface area contributed by atoms with E-state index in [1.54, 1.807) is 37.3 Å². The zero-order valence-electron chi connectivity index (χ0n) is 20.0. The summed E-state index contributed by atoms with van der Waals surface area (Å²) in [7, 11) is 0. The molecule has 0 aromatic heterocycles. The first-order valence-electron chi connectivity index (χ1n) is 12.4. The van der Waals surface area contributed by atoms with E-state index >= 15 is 0 Å². The van der Waals surface area contributed by atoms with Crippen molar-refractivity contribution in [1.29, 1.82) is 0 Å². The Morgan fingerprint density at radius 2 is 1.67 bits per heavy atom. The molecule has 0 spiro atoms. The van der Waals surface area contributed by atoms with Crippen molar-refractivity contribution in [2.45, 2.75) is 107 Å². The second kappa shape index (κ2) is 11.1. The summed E-state index contributed by atoms with van der Waals surface area (Å²) in [4.78, 5) is 0. The van der Waals surface area contributed by atoms with Crippen molar-refractivity contribution in [1.82, 2.24) is 16.2 Å². The highest BCUT2D eigenvalue weighted by Crippen LogP contribution is 2.44. The second-order valence-electron chi connectivity index (χ2n) is 9.85. The minimum absolute atomic E-state index is 0.0500. The number of benzene rings is 1. The maximum absolute atomic E-state index is 14.7. The highest BCUT2D eigenvalue weighted by Gasteiger charge is 2.63. The number of piperidine rings is 1. The zero-order chi connectivity index (χ0) is 26.0. The van der Waals surface area contributed by atoms with Gasteiger partial charge in [-0.25, -0.2) is 10.9 Å². The molecule has 204 valence electrons. The van der Waals surface area contributed by atoms with Crippen molar-refractivity contribution in [3.63, 3.8) is 0 Å². The van der Waals surface area contributed by atoms with E-state index in [1.807, 2.05) is 0 Å². The molecule has 3 aliphatic heterocycles. The molecule has 3 N–H and O–H groups in total. The highest BCUT2D eigenvalue weighted by atomic mass is 19.4. The molecule has 3 aliphatic rings. The van der Waals surface area contributed by atoms with Crippen LogP contribution in [-0.2, 0) is 20.8 Å². The fourth-order valence-corrected chi connectivity index (χ4v) is 5.18. The Morgan fingerprint density at radius 1 is 0.917 bits per heavy atom. The molecular formula is C24H33F6N3O3. The average molecular weight is 526 g/mol. The van der Waals surface area contributed by atoms with Gasteiger partial charge >= 0.3 is 12.4 Å². The van der Waals surface area contributed by atoms with Crippen LogP contribution in [-0.4, -0.2) is 48.8 Å². The summed E-state index contributed by atoms with van der Waals surface area (Å²) in [5, 5.41) is 2.85. The molecule has 0 aliphatic carbocycles. The average Bonchev–Trinajstić information content (AvgIpc) is 3.30. The van der Waals surface area contributed by atoms with Crippen molar-refractivity contribution < 1.29 is 40.6 Å². The Labute approximate surface area is 206 Å². The van der Waals surface area contributed by atoms with Crippen LogP contribution < -0.4 is 16.2 Å². The second-order valence-corrected chi connectivity index (χ2v) is 9.85. The van der Waals surface area contributed by atoms with E-state index in [-0.39, 0.29) is 32.3 Å². The normalized spacial score (nSPS) is 36.9. The van der Waals surface area contributed by atoms with Crippen LogP contribution in [0.2, 0.25) is 0 Å². The van der Waals surface area contributed by atoms with E-state index in [2.05, 4.69) is 16.2 Å². The number of rotatable bonds is 3. The van der Waals surface area contributed by atoms with Gasteiger partial charge in [0, 0.05) is 0 Å². The Hall–Kier alpha value is -1.44. The molecule has 6 nitrogen and oxygen atoms in total. The number of hydrazine groups is 1. The summed E-state index contributed by atoms with van der Waals surface area (Å²) in [6.07, 6.45) is -12.5. The summed E-state index contributed by atoms with van der Waals surface area (Å²) in [5.41, 5.74) is 3.25. The molecule has 1 aromatic rings. The molecule has 1 aromatic carbocycles. The number of alkyl halides is 6. The third kappa shape index (κ3) is 6.16. The Morgan fingerprint density at radius 3 is 2.36 bits per heavy atom. The van der Waals surface area contributed by atoms with Gasteiger partial charge in [-0.15, -0.1) is 0 Å². The van der Waals surface area contributed by atoms with Gasteiger partial charge in [0.2, 0.25) is 5.60 Å². The van der Waals surface area contributed by atoms with Crippen LogP contribution in [0.1, 0.15) is 57.4 Å². The van der Waals surface area contributed by atoms with Crippen LogP contribution in [0.15, 0.2) is 30.3 Å². The molecule has 36 heavy (non-hydrogen) atoms. The SMILES string of the molecule is C[C@H]1CCCCCC(OCc2ccccc2)(C(F)(F)F)C2NNC(O2)C2CCC(C(F)(F)F)C(N2)O1. The van der Waals surface area contributed by atoms with E-state index < -0.39 is 54.7 Å². The van der Waals surface area contributed by atoms with E-state index in [0.29, 0.717) is 24.8 Å². The molecule has 0 radical (unpaired) electrons. The molecule has 3 heterocycles. The summed E-state index contributed by atoms with van der Waals surface area (Å²) in [5.74, 6) is -1.71. The third-order valence-electron chi connectivity index (χ3n) is 7.24. The van der Waals surface area contributed by atoms with Crippen molar-refractivity contribution in [2.24, 2.45) is 5.92 Å². The van der Waals surface area contributed by atoms with Gasteiger partial charge < -0.3 is 14.2 Å². The van der Waals surface area contributed by atoms with Crippen LogP contribution in [0.5, 0.6) is 0 Å². The number of halogens is 6. The molecule has 4 bridgehead atoms. The summed E-state index contributed by atoms with van der Waals surface area (Å²) in [6.45, 7) is 1.42. The largest absolute Gasteiger partial charge is 0.421 e. The molecule has 3 fully saturated rings. The smallest absolute Gasteiger partial charge is 0.360 e. The van der Waals surface area contributed by atoms with E-state index in [9.17, 15) is 26.3 Å². The van der Waals surface area contributed by atoms with Crippen LogP contribution >= 0.6 is 0 Å². The number of hydrogen-bond acceptors (Lipinski definition) is 6. The molecule has 0 saturated carbocycles. The molecule has 3 saturated heterocycles. The predicted octanol–water partition coefficient (Wildman–Crippen LogP) is 4.91. The number of hydrogen-bond donors (Lipinski definition) is 3. The van der Waals surface area contributed by atoms with E-state index in [0.717, 1.165) is 0 Å². The lowest BCUT2D eigenvalue weighted by atomic mass is 9.90. The fraction of sp³-hybridized carbons (Fsp3) is 0.750. The maximum Gasteiger partial charge on any atom is 0.421 e. The summed E-state index contributed by atoms with van der Waals surface area (Å²) >= 11 is 0. The maximum atomic E-state index is 14.7. The third-order valence-corrected chi connectivity index (χ3v) is 7.24. The molecule has 0 amide bonds. The van der Waals surface area contributed by atoms with Gasteiger partial charge in [0.25, 0.3) is 0 Å². The first-order chi connectivity index (χ1) is 17.0. The van der Waals surface area contributed by atoms with Gasteiger partial charge in [-0.1, -0.05) is 49.6 Å². The van der Waals surface area contributed by atoms with Gasteiger partial charge in [-0.2, -0.15) is 26.3 Å². The van der Waals surface area contributed by atoms with Crippen LogP contribution in [0, 0.1) is 5.92 Å². The molecule has 4 rings (SSSR count). The quantitative estimate of drug-likeness (QED) is 0.488. The standard InChI is InChI=1S/C24H33F6N3O3/c1-15-8-4-3-7-13-22(24(28,29)30,34-14-16-9-5-2-6-10-16)21-33-32-20(36-21)18-12-11-17(23(25,26)27)19(31-18)35-15/h2,5-6,9-10,15,17-21,31-33H,3-4,7-8,11-14H2,1H3/t15-,17?,18?,19?,20?,21?,22?/m0/s1. The predicted molar refractivity (Wildman–Crippen MR) is 118 cm³/mol. The summed E-state index contributed by atoms with van der Waals surface area (Å²) < 4.78 is 102. The van der Waals surface area contributed by atoms with Crippen molar-refractivity contribution >= 4 is 0 Å². The van der Waals surface area contributed by atoms with Gasteiger partial charge in [0.15, 0.2) is 6.23 Å². The minimum Gasteiger partial charge on any atom is -0.360 e. The Bertz CT molecular complexity index is 843. The lowest BCUT2D eigenvalue weighted by Gasteiger charge is -2.42. The van der Waals surface area contributed by atoms with Crippen molar-refractivity contribution in [2.75, 3.05) is 0 Å². The topological polar surface area (TPSA) is 63.8 Å². The Kier molecular flexibility index (Phi) is 8.52. The van der Waals surface area contributed by atoms with Crippen LogP contribution in [0.4, 0.5) is 26.3 Å². The van der Waals surface area contributed by atoms with Crippen molar-refractivity contribution in [3.8, 4) is 0 Å². The van der Waals surface area contributed by atoms with Crippen LogP contribution in [0.3, 0.4) is 0 Å². The number of nitrogens with one attached hydrogen (secondary N) is 3. The van der Waals surface area contributed by atoms with Gasteiger partial charge in [-0.05, 0) is 38.2 Å². The van der Waals surface area contributed by atoms with Crippen molar-refractivity contribution in [3.05, 3.63) is 35.9 Å². The molecule has 12 heteroatoms. The van der Waals surface area contributed by atoms with E-state index in [1.165, 1.54) is 0 Å². The lowest BCUT2D eigenvalue weighted by molar-refractivity contribution is -0.321. The van der Waals surface area contributed by atoms with Gasteiger partial charge in [0.05, 0.1) is 24.7 Å². The first kappa shape index (κ1) is 27.6. The summed E-state index contributed by atoms with van der Waals surface area (Å²) in [6, 6.07) is 7.87. The molecular weight excluding hydrogens is 492 g/mol. The van der Waals surface area contributed by atoms with Crippen LogP contribution in [0.25, 0.3) is 0 Å². The molecule has 6 unspecified atom stereocenters. The van der Waals surface area contributed by atoms with Gasteiger partial charge in [-0.3, -0.25) is 5.32 Å². The monoisotopic (exact) mass is 525 g/mol. The zero-order valence-corrected chi connectivity index (χ0v) is 20.0. The Balaban J connectivity index is 1.59. The minimum atomic E-state index is -4.77. The highest BCUT2D eigenvalue weighted by molar-refractivity contribution is 5.14. The fourth-order valence-electron chi connectivity index (χ4n) is 5.18. The lowest BCUT2D eigenvalue weighted by Crippen LogP contribution is -2.61.